The van der Waals surface area contributed by atoms with E-state index in [0.717, 1.165) is 60.1 Å². The molecule has 0 heterocycles. The summed E-state index contributed by atoms with van der Waals surface area (Å²) >= 11 is 3.44. The lowest BCUT2D eigenvalue weighted by molar-refractivity contribution is 0.312. The zero-order valence-corrected chi connectivity index (χ0v) is 14.4. The number of aryl methyl sites for hydroxylation is 1. The molecule has 21 heavy (non-hydrogen) atoms. The minimum Gasteiger partial charge on any atom is -0.493 e. The summed E-state index contributed by atoms with van der Waals surface area (Å²) in [6.45, 7) is 5.77. The number of rotatable bonds is 8. The number of hydrogen-bond acceptors (Lipinski definition) is 2. The molecule has 0 atom stereocenters. The van der Waals surface area contributed by atoms with Crippen LogP contribution in [0.25, 0.3) is 10.8 Å². The molecule has 114 valence electrons. The van der Waals surface area contributed by atoms with Gasteiger partial charge in [0.25, 0.3) is 0 Å². The largest absolute Gasteiger partial charge is 0.493 e. The summed E-state index contributed by atoms with van der Waals surface area (Å²) in [4.78, 5) is 0. The van der Waals surface area contributed by atoms with E-state index in [-0.39, 0.29) is 0 Å². The second-order valence-electron chi connectivity index (χ2n) is 5.00. The van der Waals surface area contributed by atoms with Crippen LogP contribution in [0.15, 0.2) is 30.3 Å². The SMILES string of the molecule is CCCOc1c(CC)cc(OCCCBr)c2ccccc12. The van der Waals surface area contributed by atoms with Crippen LogP contribution < -0.4 is 9.47 Å². The fourth-order valence-electron chi connectivity index (χ4n) is 2.36. The van der Waals surface area contributed by atoms with Gasteiger partial charge >= 0.3 is 0 Å². The van der Waals surface area contributed by atoms with E-state index in [2.05, 4.69) is 60.1 Å². The first-order valence-corrected chi connectivity index (χ1v) is 8.80. The molecule has 2 aromatic carbocycles. The molecule has 2 aromatic rings. The molecule has 3 heteroatoms. The van der Waals surface area contributed by atoms with Gasteiger partial charge in [-0.25, -0.2) is 0 Å². The molecule has 0 saturated carbocycles. The molecule has 0 saturated heterocycles. The highest BCUT2D eigenvalue weighted by molar-refractivity contribution is 9.09. The Hall–Kier alpha value is -1.22. The van der Waals surface area contributed by atoms with Crippen LogP contribution in [-0.2, 0) is 6.42 Å². The summed E-state index contributed by atoms with van der Waals surface area (Å²) < 4.78 is 12.0. The van der Waals surface area contributed by atoms with E-state index in [1.807, 2.05) is 0 Å². The Morgan fingerprint density at radius 3 is 2.43 bits per heavy atom. The van der Waals surface area contributed by atoms with Gasteiger partial charge in [-0.15, -0.1) is 0 Å². The zero-order valence-electron chi connectivity index (χ0n) is 12.8. The normalized spacial score (nSPS) is 10.8. The van der Waals surface area contributed by atoms with Gasteiger partial charge in [-0.05, 0) is 30.9 Å². The summed E-state index contributed by atoms with van der Waals surface area (Å²) in [6, 6.07) is 10.5. The Morgan fingerprint density at radius 1 is 1.00 bits per heavy atom. The van der Waals surface area contributed by atoms with Crippen molar-refractivity contribution in [3.63, 3.8) is 0 Å². The second-order valence-corrected chi connectivity index (χ2v) is 5.79. The molecule has 0 radical (unpaired) electrons. The Labute approximate surface area is 135 Å². The Bertz CT molecular complexity index is 581. The first-order valence-electron chi connectivity index (χ1n) is 7.68. The lowest BCUT2D eigenvalue weighted by Gasteiger charge is -2.17. The molecule has 0 aromatic heterocycles. The highest BCUT2D eigenvalue weighted by Gasteiger charge is 2.13. The summed E-state index contributed by atoms with van der Waals surface area (Å²) in [5.74, 6) is 1.98. The number of ether oxygens (including phenoxy) is 2. The van der Waals surface area contributed by atoms with Gasteiger partial charge in [-0.2, -0.15) is 0 Å². The van der Waals surface area contributed by atoms with Gasteiger partial charge in [-0.1, -0.05) is 54.0 Å². The molecule has 0 spiro atoms. The van der Waals surface area contributed by atoms with Crippen molar-refractivity contribution >= 4 is 26.7 Å². The first-order chi connectivity index (χ1) is 10.3. The summed E-state index contributed by atoms with van der Waals surface area (Å²) in [6.07, 6.45) is 2.96. The topological polar surface area (TPSA) is 18.5 Å². The number of alkyl halides is 1. The average molecular weight is 351 g/mol. The third kappa shape index (κ3) is 3.91. The molecule has 0 bridgehead atoms. The molecule has 0 aliphatic carbocycles. The predicted octanol–water partition coefficient (Wildman–Crippen LogP) is 5.35. The summed E-state index contributed by atoms with van der Waals surface area (Å²) in [7, 11) is 0. The number of halogens is 1. The van der Waals surface area contributed by atoms with E-state index in [1.165, 1.54) is 5.56 Å². The summed E-state index contributed by atoms with van der Waals surface area (Å²) in [5.41, 5.74) is 1.22. The average Bonchev–Trinajstić information content (AvgIpc) is 2.53. The maximum absolute atomic E-state index is 6.01. The Kier molecular flexibility index (Phi) is 6.37. The van der Waals surface area contributed by atoms with Crippen molar-refractivity contribution in [1.82, 2.24) is 0 Å². The Balaban J connectivity index is 2.45. The van der Waals surface area contributed by atoms with Gasteiger partial charge in [-0.3, -0.25) is 0 Å². The minimum atomic E-state index is 0.730. The monoisotopic (exact) mass is 350 g/mol. The smallest absolute Gasteiger partial charge is 0.130 e. The fourth-order valence-corrected chi connectivity index (χ4v) is 2.59. The molecular weight excluding hydrogens is 328 g/mol. The highest BCUT2D eigenvalue weighted by atomic mass is 79.9. The molecule has 2 nitrogen and oxygen atoms in total. The zero-order chi connectivity index (χ0) is 15.1. The van der Waals surface area contributed by atoms with Gasteiger partial charge in [0.15, 0.2) is 0 Å². The third-order valence-corrected chi connectivity index (χ3v) is 3.96. The van der Waals surface area contributed by atoms with Crippen LogP contribution >= 0.6 is 15.9 Å². The lowest BCUT2D eigenvalue weighted by atomic mass is 10.0. The molecule has 0 N–H and O–H groups in total. The molecule has 0 aliphatic heterocycles. The van der Waals surface area contributed by atoms with Gasteiger partial charge in [0.1, 0.15) is 11.5 Å². The number of benzene rings is 2. The standard InChI is InChI=1S/C18H23BrO2/c1-3-11-21-18-14(4-2)13-17(20-12-7-10-19)15-8-5-6-9-16(15)18/h5-6,8-9,13H,3-4,7,10-12H2,1-2H3. The van der Waals surface area contributed by atoms with Crippen molar-refractivity contribution in [3.05, 3.63) is 35.9 Å². The quantitative estimate of drug-likeness (QED) is 0.471. The summed E-state index contributed by atoms with van der Waals surface area (Å²) in [5, 5.41) is 3.25. The first kappa shape index (κ1) is 16.2. The fraction of sp³-hybridized carbons (Fsp3) is 0.444. The van der Waals surface area contributed by atoms with Crippen molar-refractivity contribution in [3.8, 4) is 11.5 Å². The van der Waals surface area contributed by atoms with Crippen LogP contribution in [0.2, 0.25) is 0 Å². The van der Waals surface area contributed by atoms with Crippen LogP contribution in [0, 0.1) is 0 Å². The molecular formula is C18H23BrO2. The van der Waals surface area contributed by atoms with Crippen LogP contribution in [0.5, 0.6) is 11.5 Å². The van der Waals surface area contributed by atoms with Crippen molar-refractivity contribution in [2.45, 2.75) is 33.1 Å². The van der Waals surface area contributed by atoms with Gasteiger partial charge < -0.3 is 9.47 Å². The van der Waals surface area contributed by atoms with E-state index in [9.17, 15) is 0 Å². The van der Waals surface area contributed by atoms with E-state index in [1.54, 1.807) is 0 Å². The van der Waals surface area contributed by atoms with E-state index < -0.39 is 0 Å². The maximum atomic E-state index is 6.01. The van der Waals surface area contributed by atoms with E-state index in [4.69, 9.17) is 9.47 Å². The maximum Gasteiger partial charge on any atom is 0.130 e. The molecule has 0 unspecified atom stereocenters. The van der Waals surface area contributed by atoms with Gasteiger partial charge in [0, 0.05) is 16.1 Å². The van der Waals surface area contributed by atoms with E-state index in [0.29, 0.717) is 0 Å². The number of fused-ring (bicyclic) bond motifs is 1. The lowest BCUT2D eigenvalue weighted by Crippen LogP contribution is -2.03. The minimum absolute atomic E-state index is 0.730. The van der Waals surface area contributed by atoms with Crippen molar-refractivity contribution in [2.24, 2.45) is 0 Å². The Morgan fingerprint density at radius 2 is 1.76 bits per heavy atom. The molecule has 0 fully saturated rings. The third-order valence-electron chi connectivity index (χ3n) is 3.40. The van der Waals surface area contributed by atoms with Gasteiger partial charge in [0.2, 0.25) is 0 Å². The van der Waals surface area contributed by atoms with Crippen molar-refractivity contribution in [2.75, 3.05) is 18.5 Å². The van der Waals surface area contributed by atoms with Crippen LogP contribution in [0.1, 0.15) is 32.3 Å². The number of hydrogen-bond donors (Lipinski definition) is 0. The van der Waals surface area contributed by atoms with Crippen LogP contribution in [-0.4, -0.2) is 18.5 Å². The van der Waals surface area contributed by atoms with Crippen LogP contribution in [0.3, 0.4) is 0 Å². The van der Waals surface area contributed by atoms with E-state index >= 15 is 0 Å². The van der Waals surface area contributed by atoms with Crippen LogP contribution in [0.4, 0.5) is 0 Å². The second kappa shape index (κ2) is 8.28. The van der Waals surface area contributed by atoms with Crippen molar-refractivity contribution < 1.29 is 9.47 Å². The molecule has 2 rings (SSSR count). The highest BCUT2D eigenvalue weighted by Crippen LogP contribution is 2.37. The van der Waals surface area contributed by atoms with Gasteiger partial charge in [0.05, 0.1) is 13.2 Å². The molecule has 0 aliphatic rings. The molecule has 0 amide bonds. The van der Waals surface area contributed by atoms with Crippen molar-refractivity contribution in [1.29, 1.82) is 0 Å². The predicted molar refractivity (Wildman–Crippen MR) is 93.0 cm³/mol.